The molecule has 0 nitrogen and oxygen atoms in total. The molecule has 0 aromatic heterocycles. The van der Waals surface area contributed by atoms with Crippen molar-refractivity contribution < 1.29 is 0 Å². The van der Waals surface area contributed by atoms with Crippen LogP contribution in [0.1, 0.15) is 25.3 Å². The predicted molar refractivity (Wildman–Crippen MR) is 66.7 cm³/mol. The van der Waals surface area contributed by atoms with Crippen molar-refractivity contribution in [1.82, 2.24) is 0 Å². The fraction of sp³-hybridized carbons (Fsp3) is 0.538. The highest BCUT2D eigenvalue weighted by molar-refractivity contribution is 6.31. The van der Waals surface area contributed by atoms with Gasteiger partial charge in [0, 0.05) is 10.9 Å². The van der Waals surface area contributed by atoms with E-state index in [-0.39, 0.29) is 0 Å². The molecule has 2 heteroatoms. The van der Waals surface area contributed by atoms with Crippen LogP contribution in [0.15, 0.2) is 24.3 Å². The van der Waals surface area contributed by atoms with Crippen LogP contribution in [0.25, 0.3) is 0 Å². The zero-order valence-electron chi connectivity index (χ0n) is 8.97. The lowest BCUT2D eigenvalue weighted by Crippen LogP contribution is -2.39. The van der Waals surface area contributed by atoms with E-state index < -0.39 is 0 Å². The Hall–Kier alpha value is -0.200. The molecule has 1 fully saturated rings. The molecule has 1 aliphatic carbocycles. The summed E-state index contributed by atoms with van der Waals surface area (Å²) in [7, 11) is 0. The smallest absolute Gasteiger partial charge is 0.0438 e. The van der Waals surface area contributed by atoms with Gasteiger partial charge in [0.2, 0.25) is 0 Å². The van der Waals surface area contributed by atoms with Crippen LogP contribution in [0.4, 0.5) is 0 Å². The number of hydrogen-bond acceptors (Lipinski definition) is 0. The maximum absolute atomic E-state index is 6.16. The van der Waals surface area contributed by atoms with E-state index in [4.69, 9.17) is 23.2 Å². The van der Waals surface area contributed by atoms with E-state index >= 15 is 0 Å². The van der Waals surface area contributed by atoms with Gasteiger partial charge in [-0.3, -0.25) is 0 Å². The van der Waals surface area contributed by atoms with Crippen molar-refractivity contribution in [2.75, 3.05) is 5.88 Å². The summed E-state index contributed by atoms with van der Waals surface area (Å²) in [5.74, 6) is 1.58. The molecule has 2 rings (SSSR count). The lowest BCUT2D eigenvalue weighted by atomic mass is 9.61. The maximum atomic E-state index is 6.16. The molecule has 0 bridgehead atoms. The Kier molecular flexibility index (Phi) is 3.27. The summed E-state index contributed by atoms with van der Waals surface area (Å²) in [5, 5.41) is 0.876. The third-order valence-electron chi connectivity index (χ3n) is 3.37. The van der Waals surface area contributed by atoms with Gasteiger partial charge in [-0.1, -0.05) is 36.7 Å². The van der Waals surface area contributed by atoms with E-state index in [1.807, 2.05) is 18.2 Å². The van der Waals surface area contributed by atoms with Crippen molar-refractivity contribution in [2.24, 2.45) is 11.3 Å². The van der Waals surface area contributed by atoms with Crippen LogP contribution in [-0.2, 0) is 6.42 Å². The van der Waals surface area contributed by atoms with Crippen molar-refractivity contribution in [1.29, 1.82) is 0 Å². The second-order valence-electron chi connectivity index (χ2n) is 4.92. The van der Waals surface area contributed by atoms with Gasteiger partial charge in [0.25, 0.3) is 0 Å². The number of alkyl halides is 1. The topological polar surface area (TPSA) is 0 Å². The van der Waals surface area contributed by atoms with E-state index in [1.54, 1.807) is 0 Å². The highest BCUT2D eigenvalue weighted by Crippen LogP contribution is 2.49. The van der Waals surface area contributed by atoms with Crippen molar-refractivity contribution in [3.63, 3.8) is 0 Å². The molecule has 0 spiro atoms. The summed E-state index contributed by atoms with van der Waals surface area (Å²) in [4.78, 5) is 0. The zero-order valence-corrected chi connectivity index (χ0v) is 10.5. The highest BCUT2D eigenvalue weighted by atomic mass is 35.5. The van der Waals surface area contributed by atoms with Gasteiger partial charge in [0.05, 0.1) is 0 Å². The Morgan fingerprint density at radius 3 is 2.53 bits per heavy atom. The van der Waals surface area contributed by atoms with Gasteiger partial charge in [-0.15, -0.1) is 11.6 Å². The molecule has 1 aliphatic rings. The first kappa shape index (κ1) is 11.3. The van der Waals surface area contributed by atoms with E-state index in [0.717, 1.165) is 23.2 Å². The molecule has 1 aromatic rings. The molecule has 0 amide bonds. The fourth-order valence-corrected chi connectivity index (χ4v) is 3.28. The third kappa shape index (κ3) is 2.32. The van der Waals surface area contributed by atoms with Gasteiger partial charge in [-0.25, -0.2) is 0 Å². The number of rotatable bonds is 3. The van der Waals surface area contributed by atoms with Crippen LogP contribution in [0, 0.1) is 11.3 Å². The van der Waals surface area contributed by atoms with Crippen LogP contribution in [-0.4, -0.2) is 5.88 Å². The highest BCUT2D eigenvalue weighted by Gasteiger charge is 2.41. The lowest BCUT2D eigenvalue weighted by molar-refractivity contribution is 0.0925. The summed E-state index contributed by atoms with van der Waals surface area (Å²) in [6.07, 6.45) is 3.50. The van der Waals surface area contributed by atoms with Gasteiger partial charge in [-0.2, -0.15) is 0 Å². The van der Waals surface area contributed by atoms with Crippen LogP contribution >= 0.6 is 23.2 Å². The average Bonchev–Trinajstić information content (AvgIpc) is 2.18. The number of halogens is 2. The molecular weight excluding hydrogens is 227 g/mol. The Bertz CT molecular complexity index is 340. The maximum Gasteiger partial charge on any atom is 0.0438 e. The van der Waals surface area contributed by atoms with Crippen molar-refractivity contribution in [3.05, 3.63) is 34.9 Å². The molecule has 0 aliphatic heterocycles. The Morgan fingerprint density at radius 1 is 1.33 bits per heavy atom. The molecule has 1 aromatic carbocycles. The largest absolute Gasteiger partial charge is 0.126 e. The van der Waals surface area contributed by atoms with Crippen LogP contribution in [0.5, 0.6) is 0 Å². The van der Waals surface area contributed by atoms with Gasteiger partial charge in [0.15, 0.2) is 0 Å². The van der Waals surface area contributed by atoms with Crippen LogP contribution in [0.3, 0.4) is 0 Å². The van der Waals surface area contributed by atoms with E-state index in [0.29, 0.717) is 5.41 Å². The number of hydrogen-bond donors (Lipinski definition) is 0. The summed E-state index contributed by atoms with van der Waals surface area (Å²) >= 11 is 12.2. The molecule has 15 heavy (non-hydrogen) atoms. The minimum absolute atomic E-state index is 0.311. The Balaban J connectivity index is 2.11. The van der Waals surface area contributed by atoms with E-state index in [9.17, 15) is 0 Å². The van der Waals surface area contributed by atoms with Gasteiger partial charge in [-0.05, 0) is 42.2 Å². The van der Waals surface area contributed by atoms with Crippen LogP contribution in [0.2, 0.25) is 5.02 Å². The minimum atomic E-state index is 0.311. The molecular formula is C13H16Cl2. The Labute approximate surface area is 102 Å². The third-order valence-corrected chi connectivity index (χ3v) is 4.31. The quantitative estimate of drug-likeness (QED) is 0.684. The Morgan fingerprint density at radius 2 is 2.00 bits per heavy atom. The molecule has 1 saturated carbocycles. The van der Waals surface area contributed by atoms with Gasteiger partial charge < -0.3 is 0 Å². The first-order valence-corrected chi connectivity index (χ1v) is 6.36. The molecule has 0 atom stereocenters. The molecule has 0 saturated heterocycles. The van der Waals surface area contributed by atoms with E-state index in [1.165, 1.54) is 18.4 Å². The van der Waals surface area contributed by atoms with Crippen LogP contribution < -0.4 is 0 Å². The minimum Gasteiger partial charge on any atom is -0.126 e. The normalized spacial score (nSPS) is 29.9. The molecule has 0 heterocycles. The predicted octanol–water partition coefficient (Wildman–Crippen LogP) is 4.54. The number of benzene rings is 1. The second kappa shape index (κ2) is 4.35. The fourth-order valence-electron chi connectivity index (χ4n) is 2.77. The van der Waals surface area contributed by atoms with Gasteiger partial charge >= 0.3 is 0 Å². The summed E-state index contributed by atoms with van der Waals surface area (Å²) in [5.41, 5.74) is 1.55. The summed E-state index contributed by atoms with van der Waals surface area (Å²) in [6.45, 7) is 2.29. The zero-order chi connectivity index (χ0) is 10.9. The average molecular weight is 243 g/mol. The standard InChI is InChI=1S/C13H16Cl2/c1-10-6-13(7-10,9-14)8-11-4-2-3-5-12(11)15/h2-5,10H,6-9H2,1H3. The first-order chi connectivity index (χ1) is 7.15. The SMILES string of the molecule is CC1CC(CCl)(Cc2ccccc2Cl)C1. The monoisotopic (exact) mass is 242 g/mol. The van der Waals surface area contributed by atoms with Crippen molar-refractivity contribution in [3.8, 4) is 0 Å². The molecule has 0 unspecified atom stereocenters. The lowest BCUT2D eigenvalue weighted by Gasteiger charge is -2.45. The van der Waals surface area contributed by atoms with E-state index in [2.05, 4.69) is 13.0 Å². The molecule has 82 valence electrons. The summed E-state index contributed by atoms with van der Waals surface area (Å²) in [6, 6.07) is 8.09. The first-order valence-electron chi connectivity index (χ1n) is 5.45. The summed E-state index contributed by atoms with van der Waals surface area (Å²) < 4.78 is 0. The van der Waals surface area contributed by atoms with Gasteiger partial charge in [0.1, 0.15) is 0 Å². The molecule has 0 N–H and O–H groups in total. The van der Waals surface area contributed by atoms with Crippen molar-refractivity contribution >= 4 is 23.2 Å². The van der Waals surface area contributed by atoms with Crippen molar-refractivity contribution in [2.45, 2.75) is 26.2 Å². The second-order valence-corrected chi connectivity index (χ2v) is 5.59. The molecule has 0 radical (unpaired) electrons.